The van der Waals surface area contributed by atoms with Crippen LogP contribution < -0.4 is 15.6 Å². The number of rotatable bonds is 6. The average molecular weight is 427 g/mol. The van der Waals surface area contributed by atoms with E-state index in [1.54, 1.807) is 4.90 Å². The molecule has 156 valence electrons. The molecule has 1 aliphatic heterocycles. The Morgan fingerprint density at radius 3 is 2.76 bits per heavy atom. The van der Waals surface area contributed by atoms with Gasteiger partial charge in [0.1, 0.15) is 17.5 Å². The number of carbonyl (C=O) groups is 1. The largest absolute Gasteiger partial charge is 0.489 e. The first-order chi connectivity index (χ1) is 13.7. The standard InChI is InChI=1S/C19H21ClF2N4O3/c1-19(21,22)12-2-3-14(20)16(10-12)29-13-5-8-26(9-6-13)17(27)11-23-15-4-7-24-25-18(15)28/h2-4,7,10,13H,5-6,8-9,11H2,1H3,(H,23,24)(H,25,28). The molecule has 0 spiro atoms. The van der Waals surface area contributed by atoms with Gasteiger partial charge in [0.15, 0.2) is 0 Å². The number of likely N-dealkylation sites (tertiary alicyclic amines) is 1. The Balaban J connectivity index is 1.52. The number of aromatic nitrogens is 2. The average Bonchev–Trinajstić information content (AvgIpc) is 2.68. The summed E-state index contributed by atoms with van der Waals surface area (Å²) in [6.07, 6.45) is 2.29. The van der Waals surface area contributed by atoms with E-state index in [9.17, 15) is 18.4 Å². The van der Waals surface area contributed by atoms with Crippen LogP contribution in [0.3, 0.4) is 0 Å². The van der Waals surface area contributed by atoms with Crippen LogP contribution in [0.4, 0.5) is 14.5 Å². The summed E-state index contributed by atoms with van der Waals surface area (Å²) in [5.74, 6) is -2.92. The highest BCUT2D eigenvalue weighted by Crippen LogP contribution is 2.34. The number of nitrogens with one attached hydrogen (secondary N) is 2. The van der Waals surface area contributed by atoms with Crippen molar-refractivity contribution in [3.05, 3.63) is 51.4 Å². The van der Waals surface area contributed by atoms with E-state index in [0.717, 1.165) is 6.92 Å². The van der Waals surface area contributed by atoms with Crippen molar-refractivity contribution >= 4 is 23.2 Å². The van der Waals surface area contributed by atoms with E-state index in [1.807, 2.05) is 0 Å². The molecule has 3 rings (SSSR count). The molecule has 2 heterocycles. The Morgan fingerprint density at radius 2 is 2.10 bits per heavy atom. The van der Waals surface area contributed by atoms with E-state index in [-0.39, 0.29) is 40.6 Å². The van der Waals surface area contributed by atoms with Crippen LogP contribution in [0.25, 0.3) is 0 Å². The summed E-state index contributed by atoms with van der Waals surface area (Å²) in [7, 11) is 0. The van der Waals surface area contributed by atoms with Crippen molar-refractivity contribution in [1.29, 1.82) is 0 Å². The molecular weight excluding hydrogens is 406 g/mol. The van der Waals surface area contributed by atoms with E-state index in [4.69, 9.17) is 16.3 Å². The first-order valence-corrected chi connectivity index (χ1v) is 9.51. The van der Waals surface area contributed by atoms with Crippen molar-refractivity contribution < 1.29 is 18.3 Å². The number of halogens is 3. The third kappa shape index (κ3) is 5.44. The zero-order valence-electron chi connectivity index (χ0n) is 15.8. The van der Waals surface area contributed by atoms with E-state index < -0.39 is 11.5 Å². The van der Waals surface area contributed by atoms with Crippen LogP contribution in [0, 0.1) is 0 Å². The number of hydrogen-bond acceptors (Lipinski definition) is 5. The molecule has 7 nitrogen and oxygen atoms in total. The van der Waals surface area contributed by atoms with Gasteiger partial charge in [-0.1, -0.05) is 17.7 Å². The van der Waals surface area contributed by atoms with Gasteiger partial charge >= 0.3 is 0 Å². The fraction of sp³-hybridized carbons (Fsp3) is 0.421. The second kappa shape index (κ2) is 8.77. The molecule has 1 aromatic carbocycles. The van der Waals surface area contributed by atoms with Crippen molar-refractivity contribution in [3.8, 4) is 5.75 Å². The molecule has 10 heteroatoms. The number of carbonyl (C=O) groups excluding carboxylic acids is 1. The van der Waals surface area contributed by atoms with Crippen LogP contribution >= 0.6 is 11.6 Å². The summed E-state index contributed by atoms with van der Waals surface area (Å²) < 4.78 is 32.9. The van der Waals surface area contributed by atoms with E-state index in [1.165, 1.54) is 30.5 Å². The molecule has 1 amide bonds. The van der Waals surface area contributed by atoms with Crippen molar-refractivity contribution in [2.75, 3.05) is 25.0 Å². The van der Waals surface area contributed by atoms with Crippen LogP contribution in [0.1, 0.15) is 25.3 Å². The van der Waals surface area contributed by atoms with Crippen LogP contribution in [-0.4, -0.2) is 46.7 Å². The summed E-state index contributed by atoms with van der Waals surface area (Å²) in [5, 5.41) is 8.94. The van der Waals surface area contributed by atoms with E-state index in [2.05, 4.69) is 15.5 Å². The summed E-state index contributed by atoms with van der Waals surface area (Å²) in [4.78, 5) is 25.6. The summed E-state index contributed by atoms with van der Waals surface area (Å²) >= 11 is 6.08. The Hall–Kier alpha value is -2.68. The summed E-state index contributed by atoms with van der Waals surface area (Å²) in [5.41, 5.74) is -0.292. The lowest BCUT2D eigenvalue weighted by Crippen LogP contribution is -2.44. The van der Waals surface area contributed by atoms with Gasteiger partial charge in [0.2, 0.25) is 5.91 Å². The molecular formula is C19H21ClF2N4O3. The Labute approximate surface area is 171 Å². The minimum absolute atomic E-state index is 0.0158. The van der Waals surface area contributed by atoms with E-state index in [0.29, 0.717) is 25.9 Å². The lowest BCUT2D eigenvalue weighted by atomic mass is 10.1. The number of piperidine rings is 1. The van der Waals surface area contributed by atoms with Crippen molar-refractivity contribution in [3.63, 3.8) is 0 Å². The van der Waals surface area contributed by atoms with Crippen LogP contribution in [0.15, 0.2) is 35.3 Å². The van der Waals surface area contributed by atoms with Gasteiger partial charge in [-0.3, -0.25) is 9.59 Å². The lowest BCUT2D eigenvalue weighted by Gasteiger charge is -2.32. The number of ether oxygens (including phenoxy) is 1. The molecule has 0 unspecified atom stereocenters. The highest BCUT2D eigenvalue weighted by atomic mass is 35.5. The highest BCUT2D eigenvalue weighted by molar-refractivity contribution is 6.32. The molecule has 0 aliphatic carbocycles. The molecule has 1 aliphatic rings. The molecule has 2 N–H and O–H groups in total. The number of aromatic amines is 1. The number of H-pyrrole nitrogens is 1. The van der Waals surface area contributed by atoms with Crippen molar-refractivity contribution in [1.82, 2.24) is 15.1 Å². The predicted molar refractivity (Wildman–Crippen MR) is 105 cm³/mol. The topological polar surface area (TPSA) is 87.3 Å². The number of benzene rings is 1. The first-order valence-electron chi connectivity index (χ1n) is 9.14. The Kier molecular flexibility index (Phi) is 6.36. The van der Waals surface area contributed by atoms with Gasteiger partial charge in [0, 0.05) is 44.6 Å². The number of nitrogens with zero attached hydrogens (tertiary/aromatic N) is 2. The molecule has 1 fully saturated rings. The quantitative estimate of drug-likeness (QED) is 0.741. The molecule has 0 radical (unpaired) electrons. The van der Waals surface area contributed by atoms with Gasteiger partial charge in [-0.05, 0) is 18.2 Å². The molecule has 0 bridgehead atoms. The van der Waals surface area contributed by atoms with Gasteiger partial charge < -0.3 is 15.0 Å². The number of anilines is 1. The first kappa shape index (κ1) is 21.0. The summed E-state index contributed by atoms with van der Waals surface area (Å²) in [6, 6.07) is 5.42. The zero-order valence-corrected chi connectivity index (χ0v) is 16.5. The molecule has 2 aromatic rings. The minimum Gasteiger partial charge on any atom is -0.489 e. The monoisotopic (exact) mass is 426 g/mol. The van der Waals surface area contributed by atoms with Gasteiger partial charge in [0.25, 0.3) is 11.5 Å². The second-order valence-corrected chi connectivity index (χ2v) is 7.29. The van der Waals surface area contributed by atoms with Crippen LogP contribution in [0.5, 0.6) is 5.75 Å². The maximum atomic E-state index is 13.5. The predicted octanol–water partition coefficient (Wildman–Crippen LogP) is 3.02. The fourth-order valence-electron chi connectivity index (χ4n) is 3.03. The second-order valence-electron chi connectivity index (χ2n) is 6.88. The van der Waals surface area contributed by atoms with Gasteiger partial charge in [-0.2, -0.15) is 5.10 Å². The maximum Gasteiger partial charge on any atom is 0.287 e. The number of amides is 1. The molecule has 29 heavy (non-hydrogen) atoms. The molecule has 1 saturated heterocycles. The normalized spacial score (nSPS) is 15.2. The van der Waals surface area contributed by atoms with Gasteiger partial charge in [0.05, 0.1) is 11.6 Å². The smallest absolute Gasteiger partial charge is 0.287 e. The fourth-order valence-corrected chi connectivity index (χ4v) is 3.20. The SMILES string of the molecule is CC(F)(F)c1ccc(Cl)c(OC2CCN(C(=O)CNc3ccn[nH]c3=O)CC2)c1. The van der Waals surface area contributed by atoms with Gasteiger partial charge in [-0.15, -0.1) is 0 Å². The van der Waals surface area contributed by atoms with Crippen molar-refractivity contribution in [2.45, 2.75) is 31.8 Å². The van der Waals surface area contributed by atoms with Crippen molar-refractivity contribution in [2.24, 2.45) is 0 Å². The highest BCUT2D eigenvalue weighted by Gasteiger charge is 2.27. The summed E-state index contributed by atoms with van der Waals surface area (Å²) in [6.45, 7) is 1.72. The van der Waals surface area contributed by atoms with E-state index >= 15 is 0 Å². The van der Waals surface area contributed by atoms with Gasteiger partial charge in [-0.25, -0.2) is 13.9 Å². The van der Waals surface area contributed by atoms with Crippen LogP contribution in [-0.2, 0) is 10.7 Å². The third-order valence-corrected chi connectivity index (χ3v) is 5.00. The minimum atomic E-state index is -2.98. The molecule has 0 atom stereocenters. The third-order valence-electron chi connectivity index (χ3n) is 4.68. The van der Waals surface area contributed by atoms with Crippen LogP contribution in [0.2, 0.25) is 5.02 Å². The maximum absolute atomic E-state index is 13.5. The molecule has 1 aromatic heterocycles. The molecule has 0 saturated carbocycles. The zero-order chi connectivity index (χ0) is 21.0. The number of alkyl halides is 2. The number of hydrogen-bond donors (Lipinski definition) is 2. The lowest BCUT2D eigenvalue weighted by molar-refractivity contribution is -0.131. The Bertz CT molecular complexity index is 924. The Morgan fingerprint density at radius 1 is 1.38 bits per heavy atom.